The number of nitrogens with one attached hydrogen (secondary N) is 1. The van der Waals surface area contributed by atoms with E-state index in [1.165, 1.54) is 18.6 Å². The van der Waals surface area contributed by atoms with Gasteiger partial charge in [0.05, 0.1) is 0 Å². The molecule has 0 aromatic carbocycles. The van der Waals surface area contributed by atoms with Crippen molar-refractivity contribution in [2.45, 2.75) is 19.8 Å². The number of hydrogen-bond donors (Lipinski definition) is 1. The molecule has 0 bridgehead atoms. The van der Waals surface area contributed by atoms with Crippen molar-refractivity contribution < 1.29 is 14.4 Å². The van der Waals surface area contributed by atoms with Gasteiger partial charge in [0.2, 0.25) is 5.91 Å². The lowest BCUT2D eigenvalue weighted by Gasteiger charge is -2.31. The van der Waals surface area contributed by atoms with Crippen LogP contribution in [0.4, 0.5) is 0 Å². The Morgan fingerprint density at radius 3 is 2.80 bits per heavy atom. The van der Waals surface area contributed by atoms with E-state index in [4.69, 9.17) is 4.84 Å². The minimum atomic E-state index is -0.520. The van der Waals surface area contributed by atoms with E-state index >= 15 is 0 Å². The van der Waals surface area contributed by atoms with Crippen molar-refractivity contribution >= 4 is 11.9 Å². The van der Waals surface area contributed by atoms with Crippen molar-refractivity contribution in [3.8, 4) is 0 Å². The maximum Gasteiger partial charge on any atom is 0.375 e. The second kappa shape index (κ2) is 6.95. The molecule has 1 saturated heterocycles. The number of nitrogens with zero attached hydrogens (tertiary/aromatic N) is 3. The van der Waals surface area contributed by atoms with Crippen LogP contribution in [0, 0.1) is 5.92 Å². The highest BCUT2D eigenvalue weighted by Crippen LogP contribution is 2.16. The van der Waals surface area contributed by atoms with Gasteiger partial charge in [-0.15, -0.1) is 0 Å². The molecule has 0 spiro atoms. The van der Waals surface area contributed by atoms with Crippen LogP contribution in [0.5, 0.6) is 0 Å². The molecule has 20 heavy (non-hydrogen) atoms. The fourth-order valence-corrected chi connectivity index (χ4v) is 2.14. The Morgan fingerprint density at radius 2 is 2.20 bits per heavy atom. The summed E-state index contributed by atoms with van der Waals surface area (Å²) in [5.41, 5.74) is 2.91. The minimum absolute atomic E-state index is 0.117. The lowest BCUT2D eigenvalue weighted by atomic mass is 9.97. The van der Waals surface area contributed by atoms with Crippen LogP contribution >= 0.6 is 0 Å². The Labute approximate surface area is 117 Å². The van der Waals surface area contributed by atoms with Crippen LogP contribution in [0.15, 0.2) is 18.6 Å². The molecule has 0 atom stereocenters. The first-order valence-electron chi connectivity index (χ1n) is 6.62. The Balaban J connectivity index is 1.67. The molecule has 1 fully saturated rings. The second-order valence-electron chi connectivity index (χ2n) is 4.78. The number of likely N-dealkylation sites (tertiary alicyclic amines) is 1. The van der Waals surface area contributed by atoms with Crippen LogP contribution in [0.25, 0.3) is 0 Å². The minimum Gasteiger partial charge on any atom is -0.366 e. The molecule has 1 N–H and O–H groups in total. The zero-order valence-corrected chi connectivity index (χ0v) is 11.4. The van der Waals surface area contributed by atoms with E-state index < -0.39 is 5.97 Å². The maximum absolute atomic E-state index is 11.6. The second-order valence-corrected chi connectivity index (χ2v) is 4.78. The third-order valence-electron chi connectivity index (χ3n) is 3.39. The molecule has 0 radical (unpaired) electrons. The quantitative estimate of drug-likeness (QED) is 0.802. The van der Waals surface area contributed by atoms with Gasteiger partial charge in [-0.3, -0.25) is 4.79 Å². The summed E-state index contributed by atoms with van der Waals surface area (Å²) in [6.45, 7) is 3.70. The molecular formula is C13H18N4O3. The predicted octanol–water partition coefficient (Wildman–Crippen LogP) is 0.396. The molecule has 0 saturated carbocycles. The number of aromatic nitrogens is 2. The van der Waals surface area contributed by atoms with Gasteiger partial charge < -0.3 is 9.74 Å². The largest absolute Gasteiger partial charge is 0.375 e. The van der Waals surface area contributed by atoms with Crippen molar-refractivity contribution in [1.82, 2.24) is 20.3 Å². The topological polar surface area (TPSA) is 84.4 Å². The molecule has 1 aromatic rings. The van der Waals surface area contributed by atoms with E-state index in [0.717, 1.165) is 25.9 Å². The molecule has 0 unspecified atom stereocenters. The SMILES string of the molecule is CC(=O)N1CCC(CNOC(=O)c2ccncn2)CC1. The summed E-state index contributed by atoms with van der Waals surface area (Å²) in [6.07, 6.45) is 4.62. The zero-order valence-electron chi connectivity index (χ0n) is 11.4. The van der Waals surface area contributed by atoms with Crippen molar-refractivity contribution in [2.75, 3.05) is 19.6 Å². The Kier molecular flexibility index (Phi) is 5.00. The van der Waals surface area contributed by atoms with Gasteiger partial charge in [-0.25, -0.2) is 14.8 Å². The fraction of sp³-hybridized carbons (Fsp3) is 0.538. The molecule has 1 aliphatic rings. The average Bonchev–Trinajstić information content (AvgIpc) is 2.48. The Bertz CT molecular complexity index is 458. The van der Waals surface area contributed by atoms with E-state index in [1.54, 1.807) is 6.92 Å². The van der Waals surface area contributed by atoms with E-state index in [2.05, 4.69) is 15.4 Å². The van der Waals surface area contributed by atoms with Crippen LogP contribution in [0.2, 0.25) is 0 Å². The third kappa shape index (κ3) is 3.99. The number of amides is 1. The molecule has 7 heteroatoms. The molecule has 0 aliphatic carbocycles. The monoisotopic (exact) mass is 278 g/mol. The third-order valence-corrected chi connectivity index (χ3v) is 3.39. The summed E-state index contributed by atoms with van der Waals surface area (Å²) < 4.78 is 0. The lowest BCUT2D eigenvalue weighted by Crippen LogP contribution is -2.40. The summed E-state index contributed by atoms with van der Waals surface area (Å²) in [4.78, 5) is 37.1. The summed E-state index contributed by atoms with van der Waals surface area (Å²) in [5.74, 6) is 0.00368. The maximum atomic E-state index is 11.6. The van der Waals surface area contributed by atoms with Gasteiger partial charge in [-0.1, -0.05) is 0 Å². The molecular weight excluding hydrogens is 260 g/mol. The highest BCUT2D eigenvalue weighted by atomic mass is 16.7. The summed E-state index contributed by atoms with van der Waals surface area (Å²) >= 11 is 0. The number of hydroxylamine groups is 1. The van der Waals surface area contributed by atoms with Gasteiger partial charge in [-0.2, -0.15) is 5.48 Å². The fourth-order valence-electron chi connectivity index (χ4n) is 2.14. The van der Waals surface area contributed by atoms with Crippen molar-refractivity contribution in [2.24, 2.45) is 5.92 Å². The van der Waals surface area contributed by atoms with Gasteiger partial charge in [-0.05, 0) is 24.8 Å². The molecule has 7 nitrogen and oxygen atoms in total. The average molecular weight is 278 g/mol. The van der Waals surface area contributed by atoms with Gasteiger partial charge in [0, 0.05) is 32.8 Å². The van der Waals surface area contributed by atoms with Crippen molar-refractivity contribution in [3.05, 3.63) is 24.3 Å². The predicted molar refractivity (Wildman–Crippen MR) is 70.4 cm³/mol. The molecule has 1 aliphatic heterocycles. The van der Waals surface area contributed by atoms with Crippen LogP contribution in [-0.4, -0.2) is 46.4 Å². The molecule has 1 aromatic heterocycles. The lowest BCUT2D eigenvalue weighted by molar-refractivity contribution is -0.130. The smallest absolute Gasteiger partial charge is 0.366 e. The van der Waals surface area contributed by atoms with Gasteiger partial charge in [0.25, 0.3) is 0 Å². The standard InChI is InChI=1S/C13H18N4O3/c1-10(18)17-6-3-11(4-7-17)8-16-20-13(19)12-2-5-14-9-15-12/h2,5,9,11,16H,3-4,6-8H2,1H3. The molecule has 1 amide bonds. The first kappa shape index (κ1) is 14.4. The molecule has 2 rings (SSSR count). The highest BCUT2D eigenvalue weighted by Gasteiger charge is 2.20. The van der Waals surface area contributed by atoms with Crippen molar-refractivity contribution in [1.29, 1.82) is 0 Å². The van der Waals surface area contributed by atoms with Crippen LogP contribution in [-0.2, 0) is 9.63 Å². The van der Waals surface area contributed by atoms with E-state index in [-0.39, 0.29) is 11.6 Å². The first-order valence-corrected chi connectivity index (χ1v) is 6.62. The number of carbonyl (C=O) groups is 2. The van der Waals surface area contributed by atoms with Crippen LogP contribution < -0.4 is 5.48 Å². The number of piperidine rings is 1. The highest BCUT2D eigenvalue weighted by molar-refractivity contribution is 5.86. The summed E-state index contributed by atoms with van der Waals surface area (Å²) in [7, 11) is 0. The Hall–Kier alpha value is -2.02. The van der Waals surface area contributed by atoms with Gasteiger partial charge in [0.1, 0.15) is 6.33 Å². The van der Waals surface area contributed by atoms with E-state index in [9.17, 15) is 9.59 Å². The first-order chi connectivity index (χ1) is 9.66. The number of rotatable bonds is 4. The van der Waals surface area contributed by atoms with E-state index in [1.807, 2.05) is 4.90 Å². The molecule has 2 heterocycles. The zero-order chi connectivity index (χ0) is 14.4. The van der Waals surface area contributed by atoms with Crippen LogP contribution in [0.1, 0.15) is 30.3 Å². The Morgan fingerprint density at radius 1 is 1.45 bits per heavy atom. The van der Waals surface area contributed by atoms with Gasteiger partial charge in [0.15, 0.2) is 5.69 Å². The number of hydrogen-bond acceptors (Lipinski definition) is 6. The normalized spacial score (nSPS) is 15.9. The van der Waals surface area contributed by atoms with Gasteiger partial charge >= 0.3 is 5.97 Å². The van der Waals surface area contributed by atoms with E-state index in [0.29, 0.717) is 12.5 Å². The molecule has 108 valence electrons. The van der Waals surface area contributed by atoms with Crippen LogP contribution in [0.3, 0.4) is 0 Å². The summed E-state index contributed by atoms with van der Waals surface area (Å²) in [6, 6.07) is 1.50. The summed E-state index contributed by atoms with van der Waals surface area (Å²) in [5, 5.41) is 0. The number of carbonyl (C=O) groups excluding carboxylic acids is 2. The van der Waals surface area contributed by atoms with Crippen molar-refractivity contribution in [3.63, 3.8) is 0 Å².